The zero-order valence-corrected chi connectivity index (χ0v) is 12.3. The van der Waals surface area contributed by atoms with Gasteiger partial charge in [-0.2, -0.15) is 0 Å². The van der Waals surface area contributed by atoms with Gasteiger partial charge in [0.25, 0.3) is 0 Å². The van der Waals surface area contributed by atoms with Gasteiger partial charge in [0.2, 0.25) is 5.91 Å². The van der Waals surface area contributed by atoms with E-state index >= 15 is 0 Å². The van der Waals surface area contributed by atoms with E-state index in [1.807, 2.05) is 0 Å². The number of rotatable bonds is 5. The van der Waals surface area contributed by atoms with E-state index in [0.29, 0.717) is 6.54 Å². The van der Waals surface area contributed by atoms with Crippen molar-refractivity contribution in [3.8, 4) is 0 Å². The fourth-order valence-electron chi connectivity index (χ4n) is 1.69. The summed E-state index contributed by atoms with van der Waals surface area (Å²) in [5.41, 5.74) is 0.983. The Morgan fingerprint density at radius 3 is 2.52 bits per heavy atom. The van der Waals surface area contributed by atoms with E-state index in [-0.39, 0.29) is 23.7 Å². The number of hydrogen-bond acceptors (Lipinski definition) is 3. The zero-order valence-electron chi connectivity index (χ0n) is 12.3. The number of urea groups is 1. The normalized spacial score (nSPS) is 9.86. The van der Waals surface area contributed by atoms with Crippen molar-refractivity contribution in [2.24, 2.45) is 0 Å². The number of nitrogens with one attached hydrogen (secondary N) is 2. The number of amides is 3. The van der Waals surface area contributed by atoms with Gasteiger partial charge in [-0.25, -0.2) is 9.59 Å². The van der Waals surface area contributed by atoms with Gasteiger partial charge in [0.05, 0.1) is 11.3 Å². The highest BCUT2D eigenvalue weighted by Gasteiger charge is 2.16. The fraction of sp³-hybridized carbons (Fsp3) is 0.357. The number of hydrogen-bond donors (Lipinski definition) is 3. The van der Waals surface area contributed by atoms with Crippen LogP contribution in [0.3, 0.4) is 0 Å². The molecule has 7 nitrogen and oxygen atoms in total. The Bertz CT molecular complexity index is 557. The summed E-state index contributed by atoms with van der Waals surface area (Å²) < 4.78 is 0. The molecule has 0 bridgehead atoms. The number of aryl methyl sites for hydroxylation is 1. The number of carboxylic acids is 1. The maximum Gasteiger partial charge on any atom is 0.337 e. The van der Waals surface area contributed by atoms with Crippen LogP contribution in [0, 0.1) is 6.92 Å². The summed E-state index contributed by atoms with van der Waals surface area (Å²) in [5.74, 6) is -1.40. The third-order valence-corrected chi connectivity index (χ3v) is 2.75. The molecular formula is C14H19N3O4. The van der Waals surface area contributed by atoms with Crippen molar-refractivity contribution in [2.75, 3.05) is 25.5 Å². The van der Waals surface area contributed by atoms with Crippen LogP contribution in [-0.2, 0) is 4.79 Å². The highest BCUT2D eigenvalue weighted by atomic mass is 16.4. The number of anilines is 1. The molecule has 0 spiro atoms. The van der Waals surface area contributed by atoms with E-state index in [1.165, 1.54) is 24.1 Å². The van der Waals surface area contributed by atoms with Crippen molar-refractivity contribution in [1.29, 1.82) is 0 Å². The quantitative estimate of drug-likeness (QED) is 0.762. The van der Waals surface area contributed by atoms with Gasteiger partial charge >= 0.3 is 12.0 Å². The molecular weight excluding hydrogens is 274 g/mol. The molecule has 21 heavy (non-hydrogen) atoms. The molecule has 3 amide bonds. The van der Waals surface area contributed by atoms with Crippen LogP contribution in [0.1, 0.15) is 22.8 Å². The first kappa shape index (κ1) is 16.5. The van der Waals surface area contributed by atoms with Gasteiger partial charge in [-0.1, -0.05) is 11.6 Å². The standard InChI is InChI=1S/C14H19N3O4/c1-4-15-12(18)8-17(3)14(21)16-11-6-5-9(2)7-10(11)13(19)20/h5-7H,4,8H2,1-3H3,(H,15,18)(H,16,21)(H,19,20). The Balaban J connectivity index is 2.79. The van der Waals surface area contributed by atoms with E-state index in [0.717, 1.165) is 5.56 Å². The van der Waals surface area contributed by atoms with Gasteiger partial charge in [0.1, 0.15) is 6.54 Å². The van der Waals surface area contributed by atoms with Crippen LogP contribution in [-0.4, -0.2) is 48.1 Å². The van der Waals surface area contributed by atoms with Crippen molar-refractivity contribution in [3.05, 3.63) is 29.3 Å². The molecule has 3 N–H and O–H groups in total. The molecule has 0 saturated carbocycles. The van der Waals surface area contributed by atoms with Gasteiger partial charge in [-0.3, -0.25) is 4.79 Å². The Hall–Kier alpha value is -2.57. The number of benzene rings is 1. The Morgan fingerprint density at radius 2 is 1.95 bits per heavy atom. The molecule has 0 unspecified atom stereocenters. The summed E-state index contributed by atoms with van der Waals surface area (Å²) in [7, 11) is 1.46. The molecule has 0 atom stereocenters. The lowest BCUT2D eigenvalue weighted by Crippen LogP contribution is -2.40. The maximum absolute atomic E-state index is 12.0. The van der Waals surface area contributed by atoms with Crippen LogP contribution < -0.4 is 10.6 Å². The van der Waals surface area contributed by atoms with Crippen molar-refractivity contribution in [2.45, 2.75) is 13.8 Å². The van der Waals surface area contributed by atoms with Crippen LogP contribution in [0.15, 0.2) is 18.2 Å². The van der Waals surface area contributed by atoms with Crippen molar-refractivity contribution >= 4 is 23.6 Å². The van der Waals surface area contributed by atoms with Gasteiger partial charge in [0.15, 0.2) is 0 Å². The topological polar surface area (TPSA) is 98.7 Å². The Morgan fingerprint density at radius 1 is 1.29 bits per heavy atom. The summed E-state index contributed by atoms with van der Waals surface area (Å²) in [5, 5.41) is 14.2. The molecule has 1 aromatic carbocycles. The van der Waals surface area contributed by atoms with Crippen LogP contribution in [0.4, 0.5) is 10.5 Å². The Labute approximate surface area is 122 Å². The Kier molecular flexibility index (Phi) is 5.71. The van der Waals surface area contributed by atoms with Crippen LogP contribution in [0.25, 0.3) is 0 Å². The highest BCUT2D eigenvalue weighted by Crippen LogP contribution is 2.17. The summed E-state index contributed by atoms with van der Waals surface area (Å²) in [6, 6.07) is 4.15. The molecule has 0 aliphatic heterocycles. The largest absolute Gasteiger partial charge is 0.478 e. The minimum atomic E-state index is -1.12. The monoisotopic (exact) mass is 293 g/mol. The summed E-state index contributed by atoms with van der Waals surface area (Å²) in [6.45, 7) is 3.92. The van der Waals surface area contributed by atoms with E-state index in [1.54, 1.807) is 19.9 Å². The first-order valence-corrected chi connectivity index (χ1v) is 6.48. The molecule has 1 aromatic rings. The van der Waals surface area contributed by atoms with E-state index in [4.69, 9.17) is 5.11 Å². The minimum Gasteiger partial charge on any atom is -0.478 e. The molecule has 0 radical (unpaired) electrons. The summed E-state index contributed by atoms with van der Waals surface area (Å²) in [6.07, 6.45) is 0. The maximum atomic E-state index is 12.0. The van der Waals surface area contributed by atoms with Crippen LogP contribution >= 0.6 is 0 Å². The van der Waals surface area contributed by atoms with E-state index < -0.39 is 12.0 Å². The number of carbonyl (C=O) groups is 3. The second-order valence-corrected chi connectivity index (χ2v) is 4.59. The predicted molar refractivity (Wildman–Crippen MR) is 78.5 cm³/mol. The number of likely N-dealkylation sites (N-methyl/N-ethyl adjacent to an activating group) is 2. The van der Waals surface area contributed by atoms with Gasteiger partial charge < -0.3 is 20.6 Å². The number of carboxylic acid groups (broad SMARTS) is 1. The lowest BCUT2D eigenvalue weighted by atomic mass is 10.1. The zero-order chi connectivity index (χ0) is 16.0. The van der Waals surface area contributed by atoms with Crippen LogP contribution in [0.2, 0.25) is 0 Å². The van der Waals surface area contributed by atoms with Crippen molar-refractivity contribution < 1.29 is 19.5 Å². The minimum absolute atomic E-state index is 0.00904. The molecule has 0 aliphatic carbocycles. The SMILES string of the molecule is CCNC(=O)CN(C)C(=O)Nc1ccc(C)cc1C(=O)O. The molecule has 0 heterocycles. The molecule has 0 aliphatic rings. The molecule has 0 fully saturated rings. The first-order chi connectivity index (χ1) is 9.85. The fourth-order valence-corrected chi connectivity index (χ4v) is 1.69. The van der Waals surface area contributed by atoms with Crippen molar-refractivity contribution in [1.82, 2.24) is 10.2 Å². The summed E-state index contributed by atoms with van der Waals surface area (Å²) >= 11 is 0. The lowest BCUT2D eigenvalue weighted by molar-refractivity contribution is -0.121. The predicted octanol–water partition coefficient (Wildman–Crippen LogP) is 1.29. The molecule has 0 saturated heterocycles. The molecule has 7 heteroatoms. The smallest absolute Gasteiger partial charge is 0.337 e. The highest BCUT2D eigenvalue weighted by molar-refractivity contribution is 6.00. The number of nitrogens with zero attached hydrogens (tertiary/aromatic N) is 1. The third kappa shape index (κ3) is 4.79. The van der Waals surface area contributed by atoms with E-state index in [9.17, 15) is 14.4 Å². The van der Waals surface area contributed by atoms with Gasteiger partial charge in [0, 0.05) is 13.6 Å². The van der Waals surface area contributed by atoms with Crippen molar-refractivity contribution in [3.63, 3.8) is 0 Å². The third-order valence-electron chi connectivity index (χ3n) is 2.75. The second-order valence-electron chi connectivity index (χ2n) is 4.59. The molecule has 114 valence electrons. The first-order valence-electron chi connectivity index (χ1n) is 6.48. The average Bonchev–Trinajstić information content (AvgIpc) is 2.40. The number of carbonyl (C=O) groups excluding carboxylic acids is 2. The molecule has 0 aromatic heterocycles. The van der Waals surface area contributed by atoms with E-state index in [2.05, 4.69) is 10.6 Å². The van der Waals surface area contributed by atoms with Gasteiger partial charge in [-0.15, -0.1) is 0 Å². The molecule has 1 rings (SSSR count). The van der Waals surface area contributed by atoms with Gasteiger partial charge in [-0.05, 0) is 26.0 Å². The average molecular weight is 293 g/mol. The number of aromatic carboxylic acids is 1. The summed E-state index contributed by atoms with van der Waals surface area (Å²) in [4.78, 5) is 35.7. The second kappa shape index (κ2) is 7.28. The van der Waals surface area contributed by atoms with Crippen LogP contribution in [0.5, 0.6) is 0 Å². The lowest BCUT2D eigenvalue weighted by Gasteiger charge is -2.18.